The second-order valence-corrected chi connectivity index (χ2v) is 6.20. The predicted octanol–water partition coefficient (Wildman–Crippen LogP) is -1.15. The van der Waals surface area contributed by atoms with E-state index in [1.165, 1.54) is 24.9 Å². The van der Waals surface area contributed by atoms with Gasteiger partial charge < -0.3 is 20.1 Å². The topological polar surface area (TPSA) is 132 Å². The summed E-state index contributed by atoms with van der Waals surface area (Å²) in [6.07, 6.45) is 1.21. The number of aryl methyl sites for hydroxylation is 1. The first kappa shape index (κ1) is 17.1. The average Bonchev–Trinajstić information content (AvgIpc) is 2.76. The van der Waals surface area contributed by atoms with Gasteiger partial charge >= 0.3 is 5.97 Å². The van der Waals surface area contributed by atoms with Crippen LogP contribution in [0.2, 0.25) is 0 Å². The summed E-state index contributed by atoms with van der Waals surface area (Å²) < 4.78 is 31.6. The van der Waals surface area contributed by atoms with Gasteiger partial charge in [-0.3, -0.25) is 9.59 Å². The van der Waals surface area contributed by atoms with Crippen molar-refractivity contribution in [2.45, 2.75) is 4.90 Å². The normalized spacial score (nSPS) is 11.8. The van der Waals surface area contributed by atoms with Gasteiger partial charge in [0.2, 0.25) is 10.0 Å². The van der Waals surface area contributed by atoms with E-state index in [0.717, 1.165) is 10.4 Å². The van der Waals surface area contributed by atoms with E-state index >= 15 is 0 Å². The number of aliphatic carboxylic acids is 1. The highest BCUT2D eigenvalue weighted by Crippen LogP contribution is 2.18. The molecule has 0 unspecified atom stereocenters. The average molecular weight is 319 g/mol. The Bertz CT molecular complexity index is 636. The number of carbonyl (C=O) groups is 2. The Hall–Kier alpha value is -1.91. The number of nitrogens with zero attached hydrogens (tertiary/aromatic N) is 2. The third-order valence-electron chi connectivity index (χ3n) is 2.73. The molecule has 0 aliphatic rings. The van der Waals surface area contributed by atoms with Gasteiger partial charge in [-0.25, -0.2) is 8.42 Å². The molecular formula is C11H17N3O6S. The molecule has 1 heterocycles. The Morgan fingerprint density at radius 3 is 2.52 bits per heavy atom. The Balaban J connectivity index is 3.18. The minimum Gasteiger partial charge on any atom is -0.480 e. The number of carboxylic acid groups (broad SMARTS) is 1. The number of amides is 1. The van der Waals surface area contributed by atoms with Gasteiger partial charge in [-0.15, -0.1) is 0 Å². The molecule has 0 aliphatic heterocycles. The van der Waals surface area contributed by atoms with Crippen molar-refractivity contribution in [1.29, 1.82) is 0 Å². The predicted molar refractivity (Wildman–Crippen MR) is 72.2 cm³/mol. The number of nitrogens with two attached hydrogens (primary N) is 1. The minimum atomic E-state index is -4.06. The fraction of sp³-hybridized carbons (Fsp3) is 0.455. The molecule has 118 valence electrons. The molecule has 1 aromatic rings. The van der Waals surface area contributed by atoms with Crippen LogP contribution in [0.5, 0.6) is 0 Å². The van der Waals surface area contributed by atoms with Gasteiger partial charge in [-0.05, 0) is 6.07 Å². The first-order valence-electron chi connectivity index (χ1n) is 5.87. The molecule has 0 aromatic carbocycles. The fourth-order valence-corrected chi connectivity index (χ4v) is 3.14. The van der Waals surface area contributed by atoms with Crippen LogP contribution in [-0.4, -0.2) is 61.1 Å². The van der Waals surface area contributed by atoms with Crippen molar-refractivity contribution in [3.63, 3.8) is 0 Å². The van der Waals surface area contributed by atoms with Crippen LogP contribution in [0.25, 0.3) is 0 Å². The maximum Gasteiger partial charge on any atom is 0.318 e. The monoisotopic (exact) mass is 319 g/mol. The summed E-state index contributed by atoms with van der Waals surface area (Å²) in [7, 11) is -1.22. The third kappa shape index (κ3) is 4.03. The quantitative estimate of drug-likeness (QED) is 0.621. The molecule has 0 aliphatic carbocycles. The lowest BCUT2D eigenvalue weighted by Crippen LogP contribution is -2.37. The molecule has 0 saturated heterocycles. The maximum atomic E-state index is 12.4. The third-order valence-corrected chi connectivity index (χ3v) is 4.54. The molecule has 10 heteroatoms. The summed E-state index contributed by atoms with van der Waals surface area (Å²) in [5, 5.41) is 8.82. The molecule has 0 atom stereocenters. The molecule has 3 N–H and O–H groups in total. The number of ether oxygens (including phenoxy) is 1. The molecule has 1 rings (SSSR count). The van der Waals surface area contributed by atoms with Gasteiger partial charge in [0, 0.05) is 26.9 Å². The van der Waals surface area contributed by atoms with Crippen molar-refractivity contribution in [1.82, 2.24) is 8.87 Å². The summed E-state index contributed by atoms with van der Waals surface area (Å²) in [6.45, 7) is -0.777. The Morgan fingerprint density at radius 1 is 1.48 bits per heavy atom. The lowest BCUT2D eigenvalue weighted by atomic mass is 10.4. The molecule has 0 saturated carbocycles. The van der Waals surface area contributed by atoms with E-state index in [-0.39, 0.29) is 23.7 Å². The van der Waals surface area contributed by atoms with Crippen LogP contribution in [0.15, 0.2) is 17.2 Å². The Kier molecular flexibility index (Phi) is 5.47. The van der Waals surface area contributed by atoms with E-state index in [4.69, 9.17) is 15.6 Å². The van der Waals surface area contributed by atoms with Crippen molar-refractivity contribution in [3.05, 3.63) is 18.0 Å². The largest absolute Gasteiger partial charge is 0.480 e. The van der Waals surface area contributed by atoms with Gasteiger partial charge in [0.1, 0.15) is 17.1 Å². The highest BCUT2D eigenvalue weighted by molar-refractivity contribution is 7.89. The Labute approximate surface area is 121 Å². The highest BCUT2D eigenvalue weighted by Gasteiger charge is 2.28. The van der Waals surface area contributed by atoms with E-state index in [2.05, 4.69) is 0 Å². The van der Waals surface area contributed by atoms with Gasteiger partial charge in [0.15, 0.2) is 0 Å². The summed E-state index contributed by atoms with van der Waals surface area (Å²) in [4.78, 5) is 21.8. The van der Waals surface area contributed by atoms with E-state index in [0.29, 0.717) is 0 Å². The number of aromatic nitrogens is 1. The summed E-state index contributed by atoms with van der Waals surface area (Å²) in [6, 6.07) is 1.11. The van der Waals surface area contributed by atoms with Gasteiger partial charge in [-0.1, -0.05) is 0 Å². The lowest BCUT2D eigenvalue weighted by molar-refractivity contribution is -0.137. The first-order chi connectivity index (χ1) is 9.70. The minimum absolute atomic E-state index is 0.00981. The summed E-state index contributed by atoms with van der Waals surface area (Å²) >= 11 is 0. The number of hydrogen-bond acceptors (Lipinski definition) is 5. The van der Waals surface area contributed by atoms with E-state index in [9.17, 15) is 18.0 Å². The number of hydrogen-bond donors (Lipinski definition) is 2. The zero-order valence-electron chi connectivity index (χ0n) is 11.6. The van der Waals surface area contributed by atoms with Gasteiger partial charge in [0.25, 0.3) is 5.91 Å². The van der Waals surface area contributed by atoms with Gasteiger partial charge in [-0.2, -0.15) is 4.31 Å². The van der Waals surface area contributed by atoms with Crippen LogP contribution >= 0.6 is 0 Å². The van der Waals surface area contributed by atoms with Gasteiger partial charge in [0.05, 0.1) is 6.61 Å². The zero-order chi connectivity index (χ0) is 16.2. The van der Waals surface area contributed by atoms with Crippen LogP contribution in [0, 0.1) is 0 Å². The van der Waals surface area contributed by atoms with Crippen molar-refractivity contribution in [2.24, 2.45) is 12.8 Å². The van der Waals surface area contributed by atoms with Crippen LogP contribution in [0.3, 0.4) is 0 Å². The number of rotatable bonds is 8. The molecule has 1 aromatic heterocycles. The first-order valence-corrected chi connectivity index (χ1v) is 7.31. The standard InChI is InChI=1S/C11H17N3O6S/c1-13-6-8(5-9(13)11(12)17)21(18,19)14(3-4-20-2)7-10(15)16/h5-6H,3-4,7H2,1-2H3,(H2,12,17)(H,15,16). The zero-order valence-corrected chi connectivity index (χ0v) is 12.5. The number of primary amides is 1. The Morgan fingerprint density at radius 2 is 2.10 bits per heavy atom. The van der Waals surface area contributed by atoms with E-state index in [1.807, 2.05) is 0 Å². The molecule has 0 spiro atoms. The molecular weight excluding hydrogens is 302 g/mol. The van der Waals surface area contributed by atoms with E-state index in [1.54, 1.807) is 0 Å². The number of carboxylic acids is 1. The number of sulfonamides is 1. The SMILES string of the molecule is COCCN(CC(=O)O)S(=O)(=O)c1cc(C(N)=O)n(C)c1. The van der Waals surface area contributed by atoms with Crippen molar-refractivity contribution in [3.8, 4) is 0 Å². The maximum absolute atomic E-state index is 12.4. The smallest absolute Gasteiger partial charge is 0.318 e. The fourth-order valence-electron chi connectivity index (χ4n) is 1.70. The molecule has 0 bridgehead atoms. The molecule has 21 heavy (non-hydrogen) atoms. The molecule has 9 nitrogen and oxygen atoms in total. The van der Waals surface area contributed by atoms with E-state index < -0.39 is 28.4 Å². The molecule has 1 amide bonds. The van der Waals surface area contributed by atoms with Crippen molar-refractivity contribution in [2.75, 3.05) is 26.8 Å². The number of carbonyl (C=O) groups excluding carboxylic acids is 1. The van der Waals surface area contributed by atoms with Crippen LogP contribution in [-0.2, 0) is 26.6 Å². The van der Waals surface area contributed by atoms with Crippen molar-refractivity contribution < 1.29 is 27.9 Å². The highest BCUT2D eigenvalue weighted by atomic mass is 32.2. The number of methoxy groups -OCH3 is 1. The second kappa shape index (κ2) is 6.70. The molecule has 0 fully saturated rings. The van der Waals surface area contributed by atoms with Crippen molar-refractivity contribution >= 4 is 21.9 Å². The summed E-state index contributed by atoms with van der Waals surface area (Å²) in [5.74, 6) is -2.07. The second-order valence-electron chi connectivity index (χ2n) is 4.26. The van der Waals surface area contributed by atoms with Crippen LogP contribution < -0.4 is 5.73 Å². The lowest BCUT2D eigenvalue weighted by Gasteiger charge is -2.19. The summed E-state index contributed by atoms with van der Waals surface area (Å²) in [5.41, 5.74) is 5.14. The molecule has 0 radical (unpaired) electrons. The van der Waals surface area contributed by atoms with Crippen LogP contribution in [0.4, 0.5) is 0 Å². The van der Waals surface area contributed by atoms with Crippen LogP contribution in [0.1, 0.15) is 10.5 Å².